The molecule has 1 amide bonds. The fourth-order valence-corrected chi connectivity index (χ4v) is 2.66. The number of hydrogen-bond donors (Lipinski definition) is 2. The van der Waals surface area contributed by atoms with Gasteiger partial charge in [-0.15, -0.1) is 0 Å². The van der Waals surface area contributed by atoms with Gasteiger partial charge >= 0.3 is 0 Å². The van der Waals surface area contributed by atoms with E-state index in [9.17, 15) is 4.79 Å². The Hall–Kier alpha value is -3.22. The van der Waals surface area contributed by atoms with Crippen molar-refractivity contribution in [3.8, 4) is 0 Å². The zero-order chi connectivity index (χ0) is 16.4. The smallest absolute Gasteiger partial charge is 0.220 e. The van der Waals surface area contributed by atoms with Crippen molar-refractivity contribution in [1.29, 1.82) is 0 Å². The molecule has 7 heteroatoms. The van der Waals surface area contributed by atoms with Gasteiger partial charge in [-0.05, 0) is 12.1 Å². The Morgan fingerprint density at radius 3 is 3.08 bits per heavy atom. The first kappa shape index (κ1) is 14.4. The predicted octanol–water partition coefficient (Wildman–Crippen LogP) is 1.85. The van der Waals surface area contributed by atoms with E-state index in [0.29, 0.717) is 19.4 Å². The summed E-state index contributed by atoms with van der Waals surface area (Å²) in [7, 11) is 0. The average Bonchev–Trinajstić information content (AvgIpc) is 3.21. The fourth-order valence-electron chi connectivity index (χ4n) is 2.66. The number of carbonyl (C=O) groups is 1. The molecule has 0 atom stereocenters. The number of aromatic nitrogens is 5. The summed E-state index contributed by atoms with van der Waals surface area (Å²) in [5.74, 6) is 0.812. The van der Waals surface area contributed by atoms with Crippen LogP contribution in [-0.2, 0) is 17.8 Å². The number of aryl methyl sites for hydroxylation is 1. The van der Waals surface area contributed by atoms with E-state index in [2.05, 4.69) is 25.3 Å². The molecule has 0 radical (unpaired) electrons. The van der Waals surface area contributed by atoms with Gasteiger partial charge in [0.15, 0.2) is 5.65 Å². The molecular weight excluding hydrogens is 304 g/mol. The Kier molecular flexibility index (Phi) is 3.66. The summed E-state index contributed by atoms with van der Waals surface area (Å²) in [6, 6.07) is 7.84. The number of hydrogen-bond acceptors (Lipinski definition) is 4. The first-order valence-electron chi connectivity index (χ1n) is 7.76. The molecule has 120 valence electrons. The number of benzene rings is 1. The molecule has 3 heterocycles. The average molecular weight is 320 g/mol. The number of H-pyrrole nitrogens is 1. The summed E-state index contributed by atoms with van der Waals surface area (Å²) in [6.45, 7) is 0.435. The van der Waals surface area contributed by atoms with Crippen LogP contribution in [0.5, 0.6) is 0 Å². The van der Waals surface area contributed by atoms with Gasteiger partial charge in [0, 0.05) is 25.2 Å². The minimum absolute atomic E-state index is 0.0144. The predicted molar refractivity (Wildman–Crippen MR) is 89.2 cm³/mol. The van der Waals surface area contributed by atoms with E-state index in [1.165, 1.54) is 0 Å². The molecule has 3 aromatic heterocycles. The van der Waals surface area contributed by atoms with Crippen LogP contribution in [0.3, 0.4) is 0 Å². The van der Waals surface area contributed by atoms with Crippen LogP contribution in [0, 0.1) is 0 Å². The first-order valence-corrected chi connectivity index (χ1v) is 7.76. The quantitative estimate of drug-likeness (QED) is 0.587. The zero-order valence-electron chi connectivity index (χ0n) is 12.9. The van der Waals surface area contributed by atoms with E-state index < -0.39 is 0 Å². The highest BCUT2D eigenvalue weighted by atomic mass is 16.1. The number of aromatic amines is 1. The molecule has 0 aliphatic carbocycles. The lowest BCUT2D eigenvalue weighted by molar-refractivity contribution is -0.121. The Balaban J connectivity index is 1.35. The van der Waals surface area contributed by atoms with Crippen LogP contribution in [0.1, 0.15) is 17.9 Å². The molecular formula is C17H16N6O. The maximum Gasteiger partial charge on any atom is 0.220 e. The molecule has 0 fully saturated rings. The molecule has 0 aliphatic rings. The van der Waals surface area contributed by atoms with Crippen LogP contribution in [0.4, 0.5) is 0 Å². The summed E-state index contributed by atoms with van der Waals surface area (Å²) in [5.41, 5.74) is 3.60. The standard InChI is InChI=1S/C17H16N6O/c24-17(6-5-15-21-13-3-1-2-4-14(13)22-15)20-10-12-9-19-16-11-18-7-8-23(12)16/h1-4,7-9,11H,5-6,10H2,(H,20,24)(H,21,22). The van der Waals surface area contributed by atoms with Gasteiger partial charge in [0.05, 0.1) is 35.7 Å². The van der Waals surface area contributed by atoms with Crippen LogP contribution in [0.15, 0.2) is 49.1 Å². The summed E-state index contributed by atoms with van der Waals surface area (Å²) < 4.78 is 1.91. The fraction of sp³-hybridized carbons (Fsp3) is 0.176. The molecule has 0 aliphatic heterocycles. The van der Waals surface area contributed by atoms with Gasteiger partial charge < -0.3 is 10.3 Å². The van der Waals surface area contributed by atoms with Crippen molar-refractivity contribution < 1.29 is 4.79 Å². The molecule has 0 bridgehead atoms. The lowest BCUT2D eigenvalue weighted by atomic mass is 10.3. The second-order valence-electron chi connectivity index (χ2n) is 5.53. The van der Waals surface area contributed by atoms with Crippen LogP contribution in [-0.4, -0.2) is 30.2 Å². The van der Waals surface area contributed by atoms with Crippen LogP contribution >= 0.6 is 0 Å². The number of carbonyl (C=O) groups excluding carboxylic acids is 1. The van der Waals surface area contributed by atoms with E-state index in [-0.39, 0.29) is 5.91 Å². The number of rotatable bonds is 5. The van der Waals surface area contributed by atoms with E-state index in [1.807, 2.05) is 34.9 Å². The van der Waals surface area contributed by atoms with E-state index in [4.69, 9.17) is 0 Å². The van der Waals surface area contributed by atoms with Gasteiger partial charge in [0.1, 0.15) is 5.82 Å². The number of nitrogens with zero attached hydrogens (tertiary/aromatic N) is 4. The summed E-state index contributed by atoms with van der Waals surface area (Å²) >= 11 is 0. The van der Waals surface area contributed by atoms with E-state index in [0.717, 1.165) is 28.2 Å². The van der Waals surface area contributed by atoms with Crippen molar-refractivity contribution >= 4 is 22.6 Å². The lowest BCUT2D eigenvalue weighted by Gasteiger charge is -2.04. The minimum Gasteiger partial charge on any atom is -0.350 e. The van der Waals surface area contributed by atoms with Gasteiger partial charge in [-0.3, -0.25) is 14.2 Å². The highest BCUT2D eigenvalue weighted by Crippen LogP contribution is 2.11. The minimum atomic E-state index is -0.0144. The number of imidazole rings is 2. The molecule has 4 rings (SSSR count). The number of para-hydroxylation sites is 2. The molecule has 0 spiro atoms. The third-order valence-corrected chi connectivity index (χ3v) is 3.89. The molecule has 0 unspecified atom stereocenters. The second kappa shape index (κ2) is 6.11. The molecule has 2 N–H and O–H groups in total. The van der Waals surface area contributed by atoms with Crippen molar-refractivity contribution in [3.05, 3.63) is 60.6 Å². The van der Waals surface area contributed by atoms with Crippen LogP contribution in [0.2, 0.25) is 0 Å². The second-order valence-corrected chi connectivity index (χ2v) is 5.53. The molecule has 0 saturated heterocycles. The molecule has 4 aromatic rings. The van der Waals surface area contributed by atoms with Gasteiger partial charge in [-0.1, -0.05) is 12.1 Å². The third kappa shape index (κ3) is 2.83. The maximum absolute atomic E-state index is 12.1. The van der Waals surface area contributed by atoms with Crippen molar-refractivity contribution in [1.82, 2.24) is 29.7 Å². The van der Waals surface area contributed by atoms with Crippen molar-refractivity contribution in [2.24, 2.45) is 0 Å². The van der Waals surface area contributed by atoms with E-state index in [1.54, 1.807) is 18.6 Å². The Morgan fingerprint density at radius 2 is 2.17 bits per heavy atom. The number of nitrogens with one attached hydrogen (secondary N) is 2. The normalized spacial score (nSPS) is 11.2. The topological polar surface area (TPSA) is 88.0 Å². The highest BCUT2D eigenvalue weighted by molar-refractivity contribution is 5.77. The van der Waals surface area contributed by atoms with Crippen molar-refractivity contribution in [3.63, 3.8) is 0 Å². The monoisotopic (exact) mass is 320 g/mol. The van der Waals surface area contributed by atoms with Gasteiger partial charge in [-0.25, -0.2) is 9.97 Å². The van der Waals surface area contributed by atoms with Gasteiger partial charge in [0.25, 0.3) is 0 Å². The highest BCUT2D eigenvalue weighted by Gasteiger charge is 2.08. The van der Waals surface area contributed by atoms with Gasteiger partial charge in [-0.2, -0.15) is 0 Å². The zero-order valence-corrected chi connectivity index (χ0v) is 12.9. The van der Waals surface area contributed by atoms with Crippen molar-refractivity contribution in [2.45, 2.75) is 19.4 Å². The summed E-state index contributed by atoms with van der Waals surface area (Å²) in [5, 5.41) is 2.92. The Morgan fingerprint density at radius 1 is 1.25 bits per heavy atom. The largest absolute Gasteiger partial charge is 0.350 e. The SMILES string of the molecule is O=C(CCc1nc2ccccc2[nH]1)NCc1cnc2cnccn12. The molecule has 1 aromatic carbocycles. The number of amides is 1. The molecule has 24 heavy (non-hydrogen) atoms. The van der Waals surface area contributed by atoms with Crippen molar-refractivity contribution in [2.75, 3.05) is 0 Å². The van der Waals surface area contributed by atoms with Crippen LogP contribution in [0.25, 0.3) is 16.7 Å². The maximum atomic E-state index is 12.1. The Bertz CT molecular complexity index is 969. The van der Waals surface area contributed by atoms with E-state index >= 15 is 0 Å². The molecule has 0 saturated carbocycles. The van der Waals surface area contributed by atoms with Crippen LogP contribution < -0.4 is 5.32 Å². The molecule has 7 nitrogen and oxygen atoms in total. The summed E-state index contributed by atoms with van der Waals surface area (Å²) in [4.78, 5) is 28.0. The summed E-state index contributed by atoms with van der Waals surface area (Å²) in [6.07, 6.45) is 7.93. The number of fused-ring (bicyclic) bond motifs is 2. The Labute approximate surface area is 137 Å². The lowest BCUT2D eigenvalue weighted by Crippen LogP contribution is -2.23. The van der Waals surface area contributed by atoms with Gasteiger partial charge in [0.2, 0.25) is 5.91 Å². The third-order valence-electron chi connectivity index (χ3n) is 3.89. The first-order chi connectivity index (χ1) is 11.8.